The lowest BCUT2D eigenvalue weighted by Gasteiger charge is -2.23. The van der Waals surface area contributed by atoms with Crippen LogP contribution in [0.2, 0.25) is 0 Å². The molecule has 19 heavy (non-hydrogen) atoms. The summed E-state index contributed by atoms with van der Waals surface area (Å²) in [5, 5.41) is 2.85. The number of ether oxygens (including phenoxy) is 1. The van der Waals surface area contributed by atoms with Crippen LogP contribution in [0.3, 0.4) is 0 Å². The van der Waals surface area contributed by atoms with Crippen molar-refractivity contribution in [3.05, 3.63) is 29.8 Å². The zero-order chi connectivity index (χ0) is 14.3. The summed E-state index contributed by atoms with van der Waals surface area (Å²) in [6, 6.07) is 7.92. The monoisotopic (exact) mass is 264 g/mol. The molecule has 0 unspecified atom stereocenters. The molecule has 1 rings (SSSR count). The molecule has 4 heteroatoms. The van der Waals surface area contributed by atoms with Crippen molar-refractivity contribution in [3.63, 3.8) is 0 Å². The molecular weight excluding hydrogens is 240 g/mol. The van der Waals surface area contributed by atoms with Crippen LogP contribution >= 0.6 is 0 Å². The fourth-order valence-electron chi connectivity index (χ4n) is 1.70. The van der Waals surface area contributed by atoms with E-state index in [1.807, 2.05) is 45.0 Å². The molecular formula is C15H24N2O2. The zero-order valence-corrected chi connectivity index (χ0v) is 12.0. The lowest BCUT2D eigenvalue weighted by atomic mass is 10.1. The van der Waals surface area contributed by atoms with Crippen molar-refractivity contribution >= 4 is 5.91 Å². The van der Waals surface area contributed by atoms with E-state index in [0.29, 0.717) is 19.5 Å². The molecule has 0 saturated carbocycles. The Balaban J connectivity index is 2.56. The smallest absolute Gasteiger partial charge is 0.221 e. The number of carbonyl (C=O) groups is 1. The van der Waals surface area contributed by atoms with E-state index < -0.39 is 0 Å². The van der Waals surface area contributed by atoms with Gasteiger partial charge in [-0.3, -0.25) is 4.79 Å². The highest BCUT2D eigenvalue weighted by Crippen LogP contribution is 2.23. The first kappa shape index (κ1) is 15.5. The van der Waals surface area contributed by atoms with Gasteiger partial charge in [-0.15, -0.1) is 0 Å². The van der Waals surface area contributed by atoms with Crippen molar-refractivity contribution in [1.29, 1.82) is 0 Å². The van der Waals surface area contributed by atoms with Gasteiger partial charge in [-0.25, -0.2) is 0 Å². The maximum absolute atomic E-state index is 11.3. The first-order valence-electron chi connectivity index (χ1n) is 6.66. The number of carbonyl (C=O) groups excluding carboxylic acids is 1. The molecule has 106 valence electrons. The number of nitrogens with one attached hydrogen (secondary N) is 1. The Kier molecular flexibility index (Phi) is 5.83. The fourth-order valence-corrected chi connectivity index (χ4v) is 1.70. The minimum absolute atomic E-state index is 0.00304. The summed E-state index contributed by atoms with van der Waals surface area (Å²) in [7, 11) is 0. The van der Waals surface area contributed by atoms with Gasteiger partial charge in [0.2, 0.25) is 5.91 Å². The van der Waals surface area contributed by atoms with Gasteiger partial charge in [-0.05, 0) is 38.8 Å². The molecule has 0 aliphatic rings. The Morgan fingerprint density at radius 3 is 2.63 bits per heavy atom. The summed E-state index contributed by atoms with van der Waals surface area (Å²) in [6.07, 6.45) is 1.13. The second kappa shape index (κ2) is 7.14. The van der Waals surface area contributed by atoms with Crippen molar-refractivity contribution in [1.82, 2.24) is 5.32 Å². The summed E-state index contributed by atoms with van der Waals surface area (Å²) < 4.78 is 5.91. The van der Waals surface area contributed by atoms with Gasteiger partial charge in [0.15, 0.2) is 0 Å². The topological polar surface area (TPSA) is 64.3 Å². The highest BCUT2D eigenvalue weighted by Gasteiger charge is 2.14. The predicted molar refractivity (Wildman–Crippen MR) is 77.2 cm³/mol. The summed E-state index contributed by atoms with van der Waals surface area (Å²) in [4.78, 5) is 11.3. The standard InChI is InChI=1S/C15H24N2O2/c1-15(2,3)19-13-7-5-4-6-12(13)9-11-17-14(18)8-10-16/h4-7H,8-11,16H2,1-3H3,(H,17,18). The number of benzene rings is 1. The Bertz CT molecular complexity index is 411. The summed E-state index contributed by atoms with van der Waals surface area (Å²) in [5.74, 6) is 0.875. The van der Waals surface area contributed by atoms with Crippen molar-refractivity contribution in [3.8, 4) is 5.75 Å². The van der Waals surface area contributed by atoms with Gasteiger partial charge >= 0.3 is 0 Å². The van der Waals surface area contributed by atoms with E-state index in [9.17, 15) is 4.79 Å². The lowest BCUT2D eigenvalue weighted by molar-refractivity contribution is -0.120. The molecule has 0 spiro atoms. The predicted octanol–water partition coefficient (Wildman–Crippen LogP) is 1.87. The van der Waals surface area contributed by atoms with Gasteiger partial charge in [0, 0.05) is 19.5 Å². The Labute approximate surface area is 115 Å². The number of para-hydroxylation sites is 1. The molecule has 0 heterocycles. The van der Waals surface area contributed by atoms with Crippen LogP contribution in [0.5, 0.6) is 5.75 Å². The minimum atomic E-state index is -0.223. The normalized spacial score (nSPS) is 11.2. The van der Waals surface area contributed by atoms with Crippen LogP contribution in [0.1, 0.15) is 32.8 Å². The molecule has 0 aromatic heterocycles. The van der Waals surface area contributed by atoms with Gasteiger partial charge in [0.05, 0.1) is 0 Å². The molecule has 0 aliphatic carbocycles. The largest absolute Gasteiger partial charge is 0.488 e. The number of hydrogen-bond acceptors (Lipinski definition) is 3. The van der Waals surface area contributed by atoms with Gasteiger partial charge in [0.1, 0.15) is 11.4 Å². The van der Waals surface area contributed by atoms with Crippen LogP contribution in [0, 0.1) is 0 Å². The van der Waals surface area contributed by atoms with Crippen molar-refractivity contribution in [2.24, 2.45) is 5.73 Å². The average molecular weight is 264 g/mol. The van der Waals surface area contributed by atoms with E-state index in [1.54, 1.807) is 0 Å². The van der Waals surface area contributed by atoms with Crippen LogP contribution < -0.4 is 15.8 Å². The second-order valence-electron chi connectivity index (χ2n) is 5.46. The quantitative estimate of drug-likeness (QED) is 0.824. The van der Waals surface area contributed by atoms with Crippen LogP contribution in [0.15, 0.2) is 24.3 Å². The number of amides is 1. The number of hydrogen-bond donors (Lipinski definition) is 2. The van der Waals surface area contributed by atoms with Gasteiger partial charge in [-0.1, -0.05) is 18.2 Å². The molecule has 1 aromatic rings. The molecule has 0 saturated heterocycles. The summed E-state index contributed by atoms with van der Waals surface area (Å²) in [6.45, 7) is 7.05. The van der Waals surface area contributed by atoms with E-state index >= 15 is 0 Å². The van der Waals surface area contributed by atoms with Crippen molar-refractivity contribution < 1.29 is 9.53 Å². The molecule has 0 fully saturated rings. The molecule has 0 aliphatic heterocycles. The maximum atomic E-state index is 11.3. The molecule has 0 bridgehead atoms. The molecule has 1 aromatic carbocycles. The van der Waals surface area contributed by atoms with Gasteiger partial charge in [0.25, 0.3) is 0 Å². The van der Waals surface area contributed by atoms with E-state index in [1.165, 1.54) is 0 Å². The van der Waals surface area contributed by atoms with Crippen LogP contribution in [-0.2, 0) is 11.2 Å². The highest BCUT2D eigenvalue weighted by atomic mass is 16.5. The first-order chi connectivity index (χ1) is 8.92. The second-order valence-corrected chi connectivity index (χ2v) is 5.46. The van der Waals surface area contributed by atoms with Gasteiger partial charge < -0.3 is 15.8 Å². The number of nitrogens with two attached hydrogens (primary N) is 1. The Morgan fingerprint density at radius 1 is 1.32 bits per heavy atom. The molecule has 0 atom stereocenters. The van der Waals surface area contributed by atoms with E-state index in [-0.39, 0.29) is 11.5 Å². The number of rotatable bonds is 6. The summed E-state index contributed by atoms with van der Waals surface area (Å²) >= 11 is 0. The molecule has 1 amide bonds. The fraction of sp³-hybridized carbons (Fsp3) is 0.533. The van der Waals surface area contributed by atoms with E-state index in [2.05, 4.69) is 5.32 Å². The van der Waals surface area contributed by atoms with Crippen molar-refractivity contribution in [2.75, 3.05) is 13.1 Å². The Hall–Kier alpha value is -1.55. The lowest BCUT2D eigenvalue weighted by Crippen LogP contribution is -2.28. The SMILES string of the molecule is CC(C)(C)Oc1ccccc1CCNC(=O)CCN. The third-order valence-electron chi connectivity index (χ3n) is 2.48. The van der Waals surface area contributed by atoms with E-state index in [0.717, 1.165) is 17.7 Å². The molecule has 0 radical (unpaired) electrons. The third kappa shape index (κ3) is 6.25. The zero-order valence-electron chi connectivity index (χ0n) is 12.0. The summed E-state index contributed by atoms with van der Waals surface area (Å²) in [5.41, 5.74) is 6.20. The third-order valence-corrected chi connectivity index (χ3v) is 2.48. The maximum Gasteiger partial charge on any atom is 0.221 e. The minimum Gasteiger partial charge on any atom is -0.488 e. The van der Waals surface area contributed by atoms with Crippen LogP contribution in [0.4, 0.5) is 0 Å². The Morgan fingerprint density at radius 2 is 2.00 bits per heavy atom. The molecule has 4 nitrogen and oxygen atoms in total. The van der Waals surface area contributed by atoms with Crippen LogP contribution in [-0.4, -0.2) is 24.6 Å². The first-order valence-corrected chi connectivity index (χ1v) is 6.66. The van der Waals surface area contributed by atoms with E-state index in [4.69, 9.17) is 10.5 Å². The van der Waals surface area contributed by atoms with Crippen molar-refractivity contribution in [2.45, 2.75) is 39.2 Å². The average Bonchev–Trinajstić information content (AvgIpc) is 2.30. The molecule has 3 N–H and O–H groups in total. The van der Waals surface area contributed by atoms with Gasteiger partial charge in [-0.2, -0.15) is 0 Å². The highest BCUT2D eigenvalue weighted by molar-refractivity contribution is 5.76. The van der Waals surface area contributed by atoms with Crippen LogP contribution in [0.25, 0.3) is 0 Å².